The minimum atomic E-state index is 0.631. The van der Waals surface area contributed by atoms with E-state index < -0.39 is 0 Å². The van der Waals surface area contributed by atoms with E-state index in [1.807, 2.05) is 0 Å². The van der Waals surface area contributed by atoms with Crippen molar-refractivity contribution in [2.75, 3.05) is 0 Å². The molecule has 82 valence electrons. The zero-order chi connectivity index (χ0) is 11.1. The first-order valence-electron chi connectivity index (χ1n) is 6.26. The fraction of sp³-hybridized carbons (Fsp3) is 0.375. The van der Waals surface area contributed by atoms with Gasteiger partial charge in [-0.3, -0.25) is 0 Å². The van der Waals surface area contributed by atoms with Crippen LogP contribution < -0.4 is 0 Å². The number of hydrogen-bond acceptors (Lipinski definition) is 0. The van der Waals surface area contributed by atoms with Gasteiger partial charge in [0, 0.05) is 5.92 Å². The number of allylic oxidation sites excluding steroid dienone is 4. The highest BCUT2D eigenvalue weighted by Crippen LogP contribution is 2.52. The number of rotatable bonds is 1. The van der Waals surface area contributed by atoms with Crippen molar-refractivity contribution in [3.8, 4) is 0 Å². The molecule has 0 spiro atoms. The van der Waals surface area contributed by atoms with E-state index in [1.165, 1.54) is 6.42 Å². The van der Waals surface area contributed by atoms with Crippen LogP contribution in [-0.2, 0) is 0 Å². The molecule has 1 aromatic carbocycles. The highest BCUT2D eigenvalue weighted by atomic mass is 14.4. The highest BCUT2D eigenvalue weighted by molar-refractivity contribution is 5.47. The molecule has 1 aromatic rings. The van der Waals surface area contributed by atoms with Gasteiger partial charge in [-0.2, -0.15) is 0 Å². The second-order valence-corrected chi connectivity index (χ2v) is 4.99. The SMILES string of the molecule is CCC1c2ccccc2C2C=CC=C(C)C21. The van der Waals surface area contributed by atoms with E-state index in [2.05, 4.69) is 56.3 Å². The molecule has 2 aliphatic rings. The summed E-state index contributed by atoms with van der Waals surface area (Å²) in [5.41, 5.74) is 4.69. The smallest absolute Gasteiger partial charge is 0.00953 e. The third-order valence-corrected chi connectivity index (χ3v) is 4.22. The number of benzene rings is 1. The first-order valence-corrected chi connectivity index (χ1v) is 6.26. The molecule has 0 bridgehead atoms. The first-order chi connectivity index (χ1) is 7.83. The molecule has 0 fully saturated rings. The monoisotopic (exact) mass is 210 g/mol. The third kappa shape index (κ3) is 1.22. The van der Waals surface area contributed by atoms with Crippen LogP contribution in [0.25, 0.3) is 0 Å². The van der Waals surface area contributed by atoms with Gasteiger partial charge < -0.3 is 0 Å². The molecule has 0 amide bonds. The molecule has 0 aliphatic heterocycles. The van der Waals surface area contributed by atoms with E-state index in [0.29, 0.717) is 11.8 Å². The fourth-order valence-electron chi connectivity index (χ4n) is 3.53. The molecule has 0 nitrogen and oxygen atoms in total. The summed E-state index contributed by atoms with van der Waals surface area (Å²) in [6.45, 7) is 4.60. The summed E-state index contributed by atoms with van der Waals surface area (Å²) in [7, 11) is 0. The Hall–Kier alpha value is -1.30. The van der Waals surface area contributed by atoms with Gasteiger partial charge >= 0.3 is 0 Å². The molecular weight excluding hydrogens is 192 g/mol. The molecule has 3 atom stereocenters. The lowest BCUT2D eigenvalue weighted by Crippen LogP contribution is -2.14. The summed E-state index contributed by atoms with van der Waals surface area (Å²) in [6, 6.07) is 8.99. The van der Waals surface area contributed by atoms with Crippen LogP contribution in [0.15, 0.2) is 48.1 Å². The van der Waals surface area contributed by atoms with Gasteiger partial charge in [-0.15, -0.1) is 0 Å². The lowest BCUT2D eigenvalue weighted by Gasteiger charge is -2.26. The molecule has 16 heavy (non-hydrogen) atoms. The molecule has 0 saturated heterocycles. The highest BCUT2D eigenvalue weighted by Gasteiger charge is 2.39. The molecule has 3 unspecified atom stereocenters. The van der Waals surface area contributed by atoms with Crippen LogP contribution >= 0.6 is 0 Å². The van der Waals surface area contributed by atoms with Gasteiger partial charge in [0.15, 0.2) is 0 Å². The lowest BCUT2D eigenvalue weighted by atomic mass is 9.78. The van der Waals surface area contributed by atoms with Crippen molar-refractivity contribution in [2.24, 2.45) is 5.92 Å². The van der Waals surface area contributed by atoms with E-state index in [9.17, 15) is 0 Å². The maximum Gasteiger partial charge on any atom is 0.00953 e. The standard InChI is InChI=1S/C16H18/c1-3-12-13-8-4-5-9-14(13)15-10-6-7-11(2)16(12)15/h4-10,12,15-16H,3H2,1-2H3. The van der Waals surface area contributed by atoms with Crippen molar-refractivity contribution in [1.29, 1.82) is 0 Å². The molecule has 0 heteroatoms. The van der Waals surface area contributed by atoms with Crippen LogP contribution in [0.2, 0.25) is 0 Å². The Morgan fingerprint density at radius 1 is 1.12 bits per heavy atom. The molecule has 0 saturated carbocycles. The van der Waals surface area contributed by atoms with E-state index >= 15 is 0 Å². The summed E-state index contributed by atoms with van der Waals surface area (Å²) in [4.78, 5) is 0. The average molecular weight is 210 g/mol. The second kappa shape index (κ2) is 3.62. The van der Waals surface area contributed by atoms with E-state index in [1.54, 1.807) is 16.7 Å². The number of fused-ring (bicyclic) bond motifs is 3. The zero-order valence-corrected chi connectivity index (χ0v) is 9.98. The van der Waals surface area contributed by atoms with Crippen LogP contribution in [-0.4, -0.2) is 0 Å². The Labute approximate surface area is 97.7 Å². The molecule has 0 radical (unpaired) electrons. The molecule has 0 aromatic heterocycles. The van der Waals surface area contributed by atoms with Crippen LogP contribution in [0, 0.1) is 5.92 Å². The van der Waals surface area contributed by atoms with Crippen molar-refractivity contribution in [3.05, 3.63) is 59.2 Å². The van der Waals surface area contributed by atoms with Crippen molar-refractivity contribution < 1.29 is 0 Å². The van der Waals surface area contributed by atoms with Crippen LogP contribution in [0.4, 0.5) is 0 Å². The lowest BCUT2D eigenvalue weighted by molar-refractivity contribution is 0.474. The van der Waals surface area contributed by atoms with Crippen LogP contribution in [0.3, 0.4) is 0 Å². The average Bonchev–Trinajstić information content (AvgIpc) is 2.65. The van der Waals surface area contributed by atoms with Crippen molar-refractivity contribution in [3.63, 3.8) is 0 Å². The second-order valence-electron chi connectivity index (χ2n) is 4.99. The summed E-state index contributed by atoms with van der Waals surface area (Å²) in [6.07, 6.45) is 8.14. The molecule has 2 aliphatic carbocycles. The van der Waals surface area contributed by atoms with Gasteiger partial charge in [0.2, 0.25) is 0 Å². The van der Waals surface area contributed by atoms with Crippen LogP contribution in [0.1, 0.15) is 43.2 Å². The summed E-state index contributed by atoms with van der Waals surface area (Å²) >= 11 is 0. The minimum absolute atomic E-state index is 0.631. The van der Waals surface area contributed by atoms with E-state index in [-0.39, 0.29) is 0 Å². The predicted molar refractivity (Wildman–Crippen MR) is 68.6 cm³/mol. The van der Waals surface area contributed by atoms with Crippen molar-refractivity contribution in [1.82, 2.24) is 0 Å². The number of hydrogen-bond donors (Lipinski definition) is 0. The maximum atomic E-state index is 2.38. The molecule has 0 N–H and O–H groups in total. The van der Waals surface area contributed by atoms with Gasteiger partial charge in [-0.05, 0) is 36.3 Å². The van der Waals surface area contributed by atoms with Crippen molar-refractivity contribution >= 4 is 0 Å². The van der Waals surface area contributed by atoms with Crippen molar-refractivity contribution in [2.45, 2.75) is 32.1 Å². The van der Waals surface area contributed by atoms with Crippen LogP contribution in [0.5, 0.6) is 0 Å². The largest absolute Gasteiger partial charge is 0.0764 e. The summed E-state index contributed by atoms with van der Waals surface area (Å²) in [5, 5.41) is 0. The Kier molecular flexibility index (Phi) is 2.24. The zero-order valence-electron chi connectivity index (χ0n) is 9.98. The topological polar surface area (TPSA) is 0 Å². The normalized spacial score (nSPS) is 30.9. The third-order valence-electron chi connectivity index (χ3n) is 4.22. The minimum Gasteiger partial charge on any atom is -0.0764 e. The van der Waals surface area contributed by atoms with E-state index in [0.717, 1.165) is 5.92 Å². The van der Waals surface area contributed by atoms with E-state index in [4.69, 9.17) is 0 Å². The summed E-state index contributed by atoms with van der Waals surface area (Å²) in [5.74, 6) is 2.07. The maximum absolute atomic E-state index is 2.38. The van der Waals surface area contributed by atoms with Gasteiger partial charge in [0.05, 0.1) is 0 Å². The summed E-state index contributed by atoms with van der Waals surface area (Å²) < 4.78 is 0. The Balaban J connectivity index is 2.15. The first kappa shape index (κ1) is 9.89. The van der Waals surface area contributed by atoms with Gasteiger partial charge in [-0.25, -0.2) is 0 Å². The van der Waals surface area contributed by atoms with Gasteiger partial charge in [0.25, 0.3) is 0 Å². The quantitative estimate of drug-likeness (QED) is 0.644. The van der Waals surface area contributed by atoms with Gasteiger partial charge in [-0.1, -0.05) is 55.0 Å². The Morgan fingerprint density at radius 3 is 2.62 bits per heavy atom. The molecule has 0 heterocycles. The Bertz CT molecular complexity index is 465. The Morgan fingerprint density at radius 2 is 1.88 bits per heavy atom. The predicted octanol–water partition coefficient (Wildman–Crippen LogP) is 4.41. The molecule has 3 rings (SSSR count). The van der Waals surface area contributed by atoms with Gasteiger partial charge in [0.1, 0.15) is 0 Å². The molecular formula is C16H18. The fourth-order valence-corrected chi connectivity index (χ4v) is 3.53.